The second-order valence-electron chi connectivity index (χ2n) is 5.63. The molecule has 0 fully saturated rings. The first-order chi connectivity index (χ1) is 12.0. The Hall–Kier alpha value is -3.15. The monoisotopic (exact) mass is 340 g/mol. The molecule has 128 valence electrons. The lowest BCUT2D eigenvalue weighted by atomic mass is 10.1. The second-order valence-corrected chi connectivity index (χ2v) is 5.63. The van der Waals surface area contributed by atoms with Gasteiger partial charge in [-0.05, 0) is 41.8 Å². The zero-order valence-corrected chi connectivity index (χ0v) is 13.7. The molecule has 0 unspecified atom stereocenters. The minimum absolute atomic E-state index is 0.230. The molecular weight excluding hydrogens is 323 g/mol. The van der Waals surface area contributed by atoms with Crippen LogP contribution in [0, 0.1) is 5.82 Å². The molecule has 0 spiro atoms. The molecule has 0 saturated carbocycles. The topological polar surface area (TPSA) is 62.4 Å². The van der Waals surface area contributed by atoms with Crippen LogP contribution in [-0.2, 0) is 0 Å². The average Bonchev–Trinajstić information content (AvgIpc) is 2.62. The summed E-state index contributed by atoms with van der Waals surface area (Å²) in [5, 5.41) is 1.26. The molecule has 0 bridgehead atoms. The zero-order chi connectivity index (χ0) is 17.8. The lowest BCUT2D eigenvalue weighted by Gasteiger charge is -2.17. The lowest BCUT2D eigenvalue weighted by Crippen LogP contribution is -2.32. The van der Waals surface area contributed by atoms with E-state index in [9.17, 15) is 14.0 Å². The Bertz CT molecular complexity index is 951. The van der Waals surface area contributed by atoms with E-state index < -0.39 is 0 Å². The van der Waals surface area contributed by atoms with Crippen LogP contribution in [0.25, 0.3) is 10.8 Å². The van der Waals surface area contributed by atoms with Gasteiger partial charge in [-0.2, -0.15) is 0 Å². The van der Waals surface area contributed by atoms with Crippen LogP contribution in [-0.4, -0.2) is 36.0 Å². The van der Waals surface area contributed by atoms with Crippen LogP contribution in [0.5, 0.6) is 5.75 Å². The summed E-state index contributed by atoms with van der Waals surface area (Å²) >= 11 is 0. The number of fused-ring (bicyclic) bond motifs is 1. The van der Waals surface area contributed by atoms with Crippen LogP contribution in [0.4, 0.5) is 4.39 Å². The summed E-state index contributed by atoms with van der Waals surface area (Å²) in [6.45, 7) is 0.580. The number of nitrogens with one attached hydrogen (secondary N) is 1. The fourth-order valence-corrected chi connectivity index (χ4v) is 2.46. The van der Waals surface area contributed by atoms with Gasteiger partial charge in [0.2, 0.25) is 0 Å². The van der Waals surface area contributed by atoms with Gasteiger partial charge in [-0.15, -0.1) is 0 Å². The van der Waals surface area contributed by atoms with Crippen molar-refractivity contribution in [2.75, 3.05) is 20.2 Å². The highest BCUT2D eigenvalue weighted by Gasteiger charge is 2.14. The van der Waals surface area contributed by atoms with Crippen LogP contribution in [0.3, 0.4) is 0 Å². The Balaban J connectivity index is 1.66. The number of amides is 1. The summed E-state index contributed by atoms with van der Waals surface area (Å²) < 4.78 is 18.3. The van der Waals surface area contributed by atoms with Crippen molar-refractivity contribution in [3.8, 4) is 5.75 Å². The molecule has 6 heteroatoms. The number of benzene rings is 2. The van der Waals surface area contributed by atoms with E-state index in [1.807, 2.05) is 6.07 Å². The average molecular weight is 340 g/mol. The molecule has 1 aromatic heterocycles. The predicted octanol–water partition coefficient (Wildman–Crippen LogP) is 2.82. The van der Waals surface area contributed by atoms with E-state index in [0.29, 0.717) is 23.1 Å². The Morgan fingerprint density at radius 2 is 1.88 bits per heavy atom. The second kappa shape index (κ2) is 7.17. The molecular formula is C19H17FN2O3. The fraction of sp³-hybridized carbons (Fsp3) is 0.158. The molecule has 0 aliphatic rings. The Morgan fingerprint density at radius 1 is 1.16 bits per heavy atom. The number of hydrogen-bond acceptors (Lipinski definition) is 3. The van der Waals surface area contributed by atoms with E-state index in [1.165, 1.54) is 29.2 Å². The molecule has 0 atom stereocenters. The Morgan fingerprint density at radius 3 is 2.64 bits per heavy atom. The first-order valence-electron chi connectivity index (χ1n) is 7.80. The van der Waals surface area contributed by atoms with Crippen molar-refractivity contribution < 1.29 is 13.9 Å². The van der Waals surface area contributed by atoms with Gasteiger partial charge >= 0.3 is 0 Å². The van der Waals surface area contributed by atoms with Crippen molar-refractivity contribution in [3.63, 3.8) is 0 Å². The SMILES string of the molecule is CN(CCOc1ccc(F)cc1)C(=O)c1cc2ccccc2c(=O)[nH]1. The third kappa shape index (κ3) is 3.85. The predicted molar refractivity (Wildman–Crippen MR) is 93.4 cm³/mol. The molecule has 0 saturated heterocycles. The van der Waals surface area contributed by atoms with Gasteiger partial charge < -0.3 is 14.6 Å². The van der Waals surface area contributed by atoms with Crippen LogP contribution < -0.4 is 10.3 Å². The van der Waals surface area contributed by atoms with Crippen molar-refractivity contribution in [1.82, 2.24) is 9.88 Å². The van der Waals surface area contributed by atoms with Crippen LogP contribution in [0.2, 0.25) is 0 Å². The maximum atomic E-state index is 12.8. The number of hydrogen-bond donors (Lipinski definition) is 1. The standard InChI is InChI=1S/C19H17FN2O3/c1-22(10-11-25-15-8-6-14(20)7-9-15)19(24)17-12-13-4-2-3-5-16(13)18(23)21-17/h2-9,12H,10-11H2,1H3,(H,21,23). The van der Waals surface area contributed by atoms with E-state index in [-0.39, 0.29) is 29.6 Å². The van der Waals surface area contributed by atoms with E-state index in [2.05, 4.69) is 4.98 Å². The number of pyridine rings is 1. The van der Waals surface area contributed by atoms with Crippen molar-refractivity contribution in [2.24, 2.45) is 0 Å². The molecule has 3 aromatic rings. The number of H-pyrrole nitrogens is 1. The minimum Gasteiger partial charge on any atom is -0.492 e. The van der Waals surface area contributed by atoms with E-state index >= 15 is 0 Å². The van der Waals surface area contributed by atoms with Gasteiger partial charge in [0.1, 0.15) is 23.9 Å². The van der Waals surface area contributed by atoms with Gasteiger partial charge in [-0.3, -0.25) is 9.59 Å². The van der Waals surface area contributed by atoms with Crippen molar-refractivity contribution in [1.29, 1.82) is 0 Å². The van der Waals surface area contributed by atoms with Crippen molar-refractivity contribution in [3.05, 3.63) is 76.5 Å². The molecule has 2 aromatic carbocycles. The number of halogens is 1. The number of aromatic amines is 1. The normalized spacial score (nSPS) is 10.6. The molecule has 3 rings (SSSR count). The third-order valence-electron chi connectivity index (χ3n) is 3.84. The van der Waals surface area contributed by atoms with Crippen molar-refractivity contribution >= 4 is 16.7 Å². The van der Waals surface area contributed by atoms with E-state index in [1.54, 1.807) is 31.3 Å². The Kier molecular flexibility index (Phi) is 4.79. The Labute approximate surface area is 143 Å². The molecule has 1 N–H and O–H groups in total. The summed E-state index contributed by atoms with van der Waals surface area (Å²) in [5.74, 6) is -0.105. The van der Waals surface area contributed by atoms with Gasteiger partial charge in [0.05, 0.1) is 6.54 Å². The minimum atomic E-state index is -0.333. The highest BCUT2D eigenvalue weighted by atomic mass is 19.1. The maximum absolute atomic E-state index is 12.8. The molecule has 1 amide bonds. The van der Waals surface area contributed by atoms with E-state index in [0.717, 1.165) is 0 Å². The number of rotatable bonds is 5. The first-order valence-corrected chi connectivity index (χ1v) is 7.80. The highest BCUT2D eigenvalue weighted by Crippen LogP contribution is 2.12. The smallest absolute Gasteiger partial charge is 0.270 e. The quantitative estimate of drug-likeness (QED) is 0.777. The number of carbonyl (C=O) groups is 1. The third-order valence-corrected chi connectivity index (χ3v) is 3.84. The molecule has 5 nitrogen and oxygen atoms in total. The summed E-state index contributed by atoms with van der Waals surface area (Å²) in [6, 6.07) is 14.4. The summed E-state index contributed by atoms with van der Waals surface area (Å²) in [5.41, 5.74) is -0.0644. The van der Waals surface area contributed by atoms with Crippen LogP contribution in [0.15, 0.2) is 59.4 Å². The fourth-order valence-electron chi connectivity index (χ4n) is 2.46. The van der Waals surface area contributed by atoms with Gasteiger partial charge in [0.25, 0.3) is 11.5 Å². The summed E-state index contributed by atoms with van der Waals surface area (Å²) in [6.07, 6.45) is 0. The van der Waals surface area contributed by atoms with Crippen LogP contribution >= 0.6 is 0 Å². The number of aromatic nitrogens is 1. The zero-order valence-electron chi connectivity index (χ0n) is 13.7. The van der Waals surface area contributed by atoms with Crippen LogP contribution in [0.1, 0.15) is 10.5 Å². The van der Waals surface area contributed by atoms with E-state index in [4.69, 9.17) is 4.74 Å². The molecule has 0 aliphatic carbocycles. The first kappa shape index (κ1) is 16.7. The summed E-state index contributed by atoms with van der Waals surface area (Å²) in [7, 11) is 1.63. The number of nitrogens with zero attached hydrogens (tertiary/aromatic N) is 1. The van der Waals surface area contributed by atoms with Gasteiger partial charge in [0, 0.05) is 12.4 Å². The number of ether oxygens (including phenoxy) is 1. The largest absolute Gasteiger partial charge is 0.492 e. The van der Waals surface area contributed by atoms with Gasteiger partial charge in [0.15, 0.2) is 0 Å². The molecule has 0 radical (unpaired) electrons. The highest BCUT2D eigenvalue weighted by molar-refractivity contribution is 5.96. The maximum Gasteiger partial charge on any atom is 0.270 e. The van der Waals surface area contributed by atoms with Gasteiger partial charge in [-0.1, -0.05) is 18.2 Å². The van der Waals surface area contributed by atoms with Gasteiger partial charge in [-0.25, -0.2) is 4.39 Å². The number of likely N-dealkylation sites (N-methyl/N-ethyl adjacent to an activating group) is 1. The molecule has 1 heterocycles. The molecule has 25 heavy (non-hydrogen) atoms. The number of carbonyl (C=O) groups excluding carboxylic acids is 1. The summed E-state index contributed by atoms with van der Waals surface area (Å²) in [4.78, 5) is 28.6. The van der Waals surface area contributed by atoms with Crippen molar-refractivity contribution in [2.45, 2.75) is 0 Å². The lowest BCUT2D eigenvalue weighted by molar-refractivity contribution is 0.0768. The molecule has 0 aliphatic heterocycles.